The molecule has 0 unspecified atom stereocenters. The highest BCUT2D eigenvalue weighted by Gasteiger charge is 2.15. The average Bonchev–Trinajstić information content (AvgIpc) is 2.65. The van der Waals surface area contributed by atoms with Crippen LogP contribution in [-0.2, 0) is 9.53 Å². The van der Waals surface area contributed by atoms with Crippen molar-refractivity contribution in [3.8, 4) is 0 Å². The maximum atomic E-state index is 10.8. The highest BCUT2D eigenvalue weighted by Crippen LogP contribution is 2.25. The molecule has 0 aliphatic carbocycles. The van der Waals surface area contributed by atoms with Gasteiger partial charge in [-0.15, -0.1) is 0 Å². The largest absolute Gasteiger partial charge is 0.434 e. The van der Waals surface area contributed by atoms with E-state index in [4.69, 9.17) is 11.3 Å². The van der Waals surface area contributed by atoms with Gasteiger partial charge in [0.2, 0.25) is 0 Å². The monoisotopic (exact) mass is 185 g/mol. The summed E-state index contributed by atoms with van der Waals surface area (Å²) in [5.74, 6) is -0.228. The van der Waals surface area contributed by atoms with E-state index in [-0.39, 0.29) is 5.97 Å². The second-order valence-corrected chi connectivity index (χ2v) is 2.97. The van der Waals surface area contributed by atoms with Crippen LogP contribution in [0.4, 0.5) is 5.69 Å². The van der Waals surface area contributed by atoms with Gasteiger partial charge in [0.05, 0.1) is 19.3 Å². The molecule has 3 heteroatoms. The first kappa shape index (κ1) is 8.52. The van der Waals surface area contributed by atoms with Crippen LogP contribution in [0.15, 0.2) is 30.5 Å². The van der Waals surface area contributed by atoms with Crippen LogP contribution in [0, 0.1) is 6.57 Å². The molecule has 0 atom stereocenters. The number of cyclic esters (lactones) is 1. The van der Waals surface area contributed by atoms with Gasteiger partial charge in [0.15, 0.2) is 5.69 Å². The molecule has 3 nitrogen and oxygen atoms in total. The van der Waals surface area contributed by atoms with Crippen molar-refractivity contribution in [2.24, 2.45) is 0 Å². The molecule has 1 heterocycles. The summed E-state index contributed by atoms with van der Waals surface area (Å²) in [5.41, 5.74) is 2.40. The van der Waals surface area contributed by atoms with Gasteiger partial charge in [-0.1, -0.05) is 24.3 Å². The van der Waals surface area contributed by atoms with Gasteiger partial charge in [-0.3, -0.25) is 4.79 Å². The van der Waals surface area contributed by atoms with E-state index in [9.17, 15) is 4.79 Å². The van der Waals surface area contributed by atoms with Crippen molar-refractivity contribution < 1.29 is 9.53 Å². The summed E-state index contributed by atoms with van der Waals surface area (Å²) >= 11 is 0. The van der Waals surface area contributed by atoms with Crippen molar-refractivity contribution in [3.63, 3.8) is 0 Å². The number of esters is 1. The molecule has 0 N–H and O–H groups in total. The minimum Gasteiger partial charge on any atom is -0.434 e. The fourth-order valence-electron chi connectivity index (χ4n) is 1.30. The van der Waals surface area contributed by atoms with Gasteiger partial charge in [-0.2, -0.15) is 0 Å². The molecule has 0 bridgehead atoms. The summed E-state index contributed by atoms with van der Waals surface area (Å²) in [4.78, 5) is 14.1. The third-order valence-corrected chi connectivity index (χ3v) is 2.03. The Bertz CT molecular complexity index is 437. The van der Waals surface area contributed by atoms with Crippen molar-refractivity contribution >= 4 is 17.2 Å². The van der Waals surface area contributed by atoms with Gasteiger partial charge in [0.25, 0.3) is 0 Å². The van der Waals surface area contributed by atoms with Crippen molar-refractivity contribution in [1.82, 2.24) is 0 Å². The summed E-state index contributed by atoms with van der Waals surface area (Å²) < 4.78 is 4.71. The van der Waals surface area contributed by atoms with E-state index >= 15 is 0 Å². The highest BCUT2D eigenvalue weighted by atomic mass is 16.5. The molecule has 0 saturated heterocycles. The van der Waals surface area contributed by atoms with E-state index in [0.29, 0.717) is 12.1 Å². The van der Waals surface area contributed by atoms with E-state index in [0.717, 1.165) is 11.1 Å². The van der Waals surface area contributed by atoms with Gasteiger partial charge < -0.3 is 4.74 Å². The molecule has 1 aromatic rings. The Kier molecular flexibility index (Phi) is 2.04. The zero-order chi connectivity index (χ0) is 9.97. The molecule has 1 aliphatic rings. The van der Waals surface area contributed by atoms with Crippen LogP contribution in [0.5, 0.6) is 0 Å². The van der Waals surface area contributed by atoms with Gasteiger partial charge in [-0.05, 0) is 5.56 Å². The molecular formula is C11H7NO2. The number of carbonyl (C=O) groups excluding carboxylic acids is 1. The summed E-state index contributed by atoms with van der Waals surface area (Å²) in [5, 5.41) is 0. The van der Waals surface area contributed by atoms with Crippen molar-refractivity contribution in [2.45, 2.75) is 6.42 Å². The predicted molar refractivity (Wildman–Crippen MR) is 51.4 cm³/mol. The minimum atomic E-state index is -0.228. The molecule has 68 valence electrons. The zero-order valence-electron chi connectivity index (χ0n) is 7.36. The van der Waals surface area contributed by atoms with Crippen LogP contribution in [-0.4, -0.2) is 5.97 Å². The number of hydrogen-bond donors (Lipinski definition) is 0. The molecular weight excluding hydrogens is 178 g/mol. The molecule has 0 fully saturated rings. The SMILES string of the molecule is [C-]#[N+]c1ccc(C2=COC(=O)C2)cc1. The number of benzene rings is 1. The third-order valence-electron chi connectivity index (χ3n) is 2.03. The Morgan fingerprint density at radius 2 is 2.00 bits per heavy atom. The Hall–Kier alpha value is -2.08. The van der Waals surface area contributed by atoms with Gasteiger partial charge in [-0.25, -0.2) is 4.85 Å². The normalized spacial score (nSPS) is 14.5. The summed E-state index contributed by atoms with van der Waals surface area (Å²) in [7, 11) is 0. The quantitative estimate of drug-likeness (QED) is 0.497. The lowest BCUT2D eigenvalue weighted by Crippen LogP contribution is -1.90. The standard InChI is InChI=1S/C11H7NO2/c1-12-10-4-2-8(3-5-10)9-6-11(13)14-7-9/h2-5,7H,6H2. The summed E-state index contributed by atoms with van der Waals surface area (Å²) in [6.07, 6.45) is 1.78. The zero-order valence-corrected chi connectivity index (χ0v) is 7.36. The van der Waals surface area contributed by atoms with Gasteiger partial charge >= 0.3 is 5.97 Å². The van der Waals surface area contributed by atoms with E-state index in [1.807, 2.05) is 12.1 Å². The highest BCUT2D eigenvalue weighted by molar-refractivity contribution is 5.89. The van der Waals surface area contributed by atoms with Crippen LogP contribution in [0.3, 0.4) is 0 Å². The minimum absolute atomic E-state index is 0.228. The lowest BCUT2D eigenvalue weighted by molar-refractivity contribution is -0.135. The molecule has 0 saturated carbocycles. The number of ether oxygens (including phenoxy) is 1. The Balaban J connectivity index is 2.27. The fourth-order valence-corrected chi connectivity index (χ4v) is 1.30. The second kappa shape index (κ2) is 3.35. The smallest absolute Gasteiger partial charge is 0.315 e. The Morgan fingerprint density at radius 1 is 1.29 bits per heavy atom. The average molecular weight is 185 g/mol. The number of hydrogen-bond acceptors (Lipinski definition) is 2. The van der Waals surface area contributed by atoms with Crippen LogP contribution >= 0.6 is 0 Å². The lowest BCUT2D eigenvalue weighted by atomic mass is 10.1. The Morgan fingerprint density at radius 3 is 2.50 bits per heavy atom. The van der Waals surface area contributed by atoms with Gasteiger partial charge in [0.1, 0.15) is 0 Å². The van der Waals surface area contributed by atoms with E-state index in [1.165, 1.54) is 6.26 Å². The molecule has 0 radical (unpaired) electrons. The summed E-state index contributed by atoms with van der Waals surface area (Å²) in [6.45, 7) is 6.79. The van der Waals surface area contributed by atoms with Crippen LogP contribution in [0.1, 0.15) is 12.0 Å². The van der Waals surface area contributed by atoms with E-state index < -0.39 is 0 Å². The van der Waals surface area contributed by atoms with Crippen LogP contribution < -0.4 is 0 Å². The molecule has 2 rings (SSSR count). The molecule has 0 amide bonds. The summed E-state index contributed by atoms with van der Waals surface area (Å²) in [6, 6.07) is 7.10. The second-order valence-electron chi connectivity index (χ2n) is 2.97. The number of carbonyl (C=O) groups is 1. The molecule has 0 aromatic heterocycles. The number of rotatable bonds is 1. The fraction of sp³-hybridized carbons (Fsp3) is 0.0909. The first-order valence-electron chi connectivity index (χ1n) is 4.16. The van der Waals surface area contributed by atoms with Crippen LogP contribution in [0.2, 0.25) is 0 Å². The van der Waals surface area contributed by atoms with Crippen molar-refractivity contribution in [1.29, 1.82) is 0 Å². The number of nitrogens with zero attached hydrogens (tertiary/aromatic N) is 1. The predicted octanol–water partition coefficient (Wildman–Crippen LogP) is 2.53. The topological polar surface area (TPSA) is 30.7 Å². The maximum Gasteiger partial charge on any atom is 0.315 e. The van der Waals surface area contributed by atoms with Gasteiger partial charge in [0, 0.05) is 5.57 Å². The molecule has 1 aromatic carbocycles. The third kappa shape index (κ3) is 1.50. The Labute approximate surface area is 81.4 Å². The van der Waals surface area contributed by atoms with Crippen molar-refractivity contribution in [2.75, 3.05) is 0 Å². The van der Waals surface area contributed by atoms with E-state index in [2.05, 4.69) is 4.85 Å². The lowest BCUT2D eigenvalue weighted by Gasteiger charge is -1.98. The van der Waals surface area contributed by atoms with E-state index in [1.54, 1.807) is 12.1 Å². The molecule has 1 aliphatic heterocycles. The molecule has 14 heavy (non-hydrogen) atoms. The first-order valence-corrected chi connectivity index (χ1v) is 4.16. The maximum absolute atomic E-state index is 10.8. The molecule has 0 spiro atoms. The van der Waals surface area contributed by atoms with Crippen LogP contribution in [0.25, 0.3) is 10.4 Å². The van der Waals surface area contributed by atoms with Crippen molar-refractivity contribution in [3.05, 3.63) is 47.5 Å². The first-order chi connectivity index (χ1) is 6.79.